The number of nitrogens with one attached hydrogen (secondary N) is 1. The van der Waals surface area contributed by atoms with Gasteiger partial charge in [0.2, 0.25) is 0 Å². The van der Waals surface area contributed by atoms with Crippen LogP contribution in [0.5, 0.6) is 11.5 Å². The van der Waals surface area contributed by atoms with Crippen LogP contribution in [-0.4, -0.2) is 34.2 Å². The Labute approximate surface area is 152 Å². The highest BCUT2D eigenvalue weighted by Crippen LogP contribution is 2.36. The molecule has 6 heteroatoms. The molecule has 0 bridgehead atoms. The maximum atomic E-state index is 13.6. The molecule has 1 atom stereocenters. The Morgan fingerprint density at radius 3 is 2.46 bits per heavy atom. The molecule has 0 spiro atoms. The molecule has 1 aliphatic rings. The van der Waals surface area contributed by atoms with E-state index in [1.165, 1.54) is 6.07 Å². The van der Waals surface area contributed by atoms with Crippen LogP contribution >= 0.6 is 0 Å². The fourth-order valence-corrected chi connectivity index (χ4v) is 3.39. The Balaban J connectivity index is 1.58. The number of urea groups is 1. The number of rotatable bonds is 3. The molecule has 2 amide bonds. The summed E-state index contributed by atoms with van der Waals surface area (Å²) in [5.41, 5.74) is 1.53. The monoisotopic (exact) mass is 358 g/mol. The number of aromatic hydroxyl groups is 2. The summed E-state index contributed by atoms with van der Waals surface area (Å²) < 4.78 is 13.6. The summed E-state index contributed by atoms with van der Waals surface area (Å²) in [4.78, 5) is 14.2. The van der Waals surface area contributed by atoms with Crippen molar-refractivity contribution in [2.24, 2.45) is 0 Å². The Bertz CT molecular complexity index is 774. The number of piperidine rings is 1. The van der Waals surface area contributed by atoms with Crippen LogP contribution < -0.4 is 5.32 Å². The zero-order valence-corrected chi connectivity index (χ0v) is 14.7. The summed E-state index contributed by atoms with van der Waals surface area (Å²) in [6.45, 7) is 3.00. The van der Waals surface area contributed by atoms with Crippen molar-refractivity contribution in [2.75, 3.05) is 13.1 Å². The van der Waals surface area contributed by atoms with Crippen molar-refractivity contribution >= 4 is 6.03 Å². The third-order valence-corrected chi connectivity index (χ3v) is 4.96. The quantitative estimate of drug-likeness (QED) is 0.779. The van der Waals surface area contributed by atoms with Gasteiger partial charge in [-0.25, -0.2) is 9.18 Å². The van der Waals surface area contributed by atoms with Gasteiger partial charge < -0.3 is 20.4 Å². The summed E-state index contributed by atoms with van der Waals surface area (Å²) in [6.07, 6.45) is 1.26. The van der Waals surface area contributed by atoms with Crippen molar-refractivity contribution in [2.45, 2.75) is 31.7 Å². The second-order valence-electron chi connectivity index (χ2n) is 6.71. The average molecular weight is 358 g/mol. The van der Waals surface area contributed by atoms with Gasteiger partial charge in [0.1, 0.15) is 5.75 Å². The van der Waals surface area contributed by atoms with Gasteiger partial charge in [0, 0.05) is 24.7 Å². The number of hydrogen-bond donors (Lipinski definition) is 3. The summed E-state index contributed by atoms with van der Waals surface area (Å²) in [7, 11) is 0. The molecule has 2 aromatic rings. The van der Waals surface area contributed by atoms with E-state index in [1.54, 1.807) is 4.90 Å². The minimum absolute atomic E-state index is 0.0410. The van der Waals surface area contributed by atoms with Crippen LogP contribution in [0.15, 0.2) is 42.5 Å². The fraction of sp³-hybridized carbons (Fsp3) is 0.350. The molecule has 1 saturated heterocycles. The first-order chi connectivity index (χ1) is 12.5. The summed E-state index contributed by atoms with van der Waals surface area (Å²) in [6, 6.07) is 11.8. The highest BCUT2D eigenvalue weighted by molar-refractivity contribution is 5.74. The molecule has 138 valence electrons. The van der Waals surface area contributed by atoms with Gasteiger partial charge in [-0.15, -0.1) is 0 Å². The van der Waals surface area contributed by atoms with Gasteiger partial charge in [-0.2, -0.15) is 0 Å². The molecular formula is C20H23FN2O3. The number of hydrogen-bond acceptors (Lipinski definition) is 3. The molecule has 0 unspecified atom stereocenters. The van der Waals surface area contributed by atoms with Crippen molar-refractivity contribution in [1.82, 2.24) is 10.2 Å². The maximum absolute atomic E-state index is 13.6. The molecule has 0 saturated carbocycles. The minimum Gasteiger partial charge on any atom is -0.508 e. The molecule has 0 aliphatic carbocycles. The summed E-state index contributed by atoms with van der Waals surface area (Å²) in [5.74, 6) is -1.45. The van der Waals surface area contributed by atoms with Gasteiger partial charge in [0.05, 0.1) is 6.04 Å². The number of likely N-dealkylation sites (tertiary alicyclic amines) is 1. The molecule has 26 heavy (non-hydrogen) atoms. The number of phenols is 2. The minimum atomic E-state index is -0.741. The number of carbonyl (C=O) groups is 1. The number of phenolic OH excluding ortho intramolecular Hbond substituents is 2. The van der Waals surface area contributed by atoms with E-state index in [-0.39, 0.29) is 23.7 Å². The van der Waals surface area contributed by atoms with E-state index in [0.717, 1.165) is 11.6 Å². The van der Waals surface area contributed by atoms with Crippen LogP contribution in [0, 0.1) is 5.82 Å². The first kappa shape index (κ1) is 18.0. The maximum Gasteiger partial charge on any atom is 0.317 e. The van der Waals surface area contributed by atoms with Gasteiger partial charge in [-0.05, 0) is 37.3 Å². The van der Waals surface area contributed by atoms with E-state index in [4.69, 9.17) is 0 Å². The lowest BCUT2D eigenvalue weighted by Gasteiger charge is -2.33. The van der Waals surface area contributed by atoms with E-state index in [2.05, 4.69) is 5.32 Å². The van der Waals surface area contributed by atoms with E-state index in [0.29, 0.717) is 31.5 Å². The molecule has 2 aromatic carbocycles. The van der Waals surface area contributed by atoms with E-state index in [1.807, 2.05) is 37.3 Å². The van der Waals surface area contributed by atoms with Crippen LogP contribution in [0.4, 0.5) is 9.18 Å². The number of benzene rings is 2. The first-order valence-electron chi connectivity index (χ1n) is 8.77. The number of nitrogens with zero attached hydrogens (tertiary/aromatic N) is 1. The Kier molecular flexibility index (Phi) is 5.30. The number of halogens is 1. The molecule has 0 aromatic heterocycles. The lowest BCUT2D eigenvalue weighted by atomic mass is 9.88. The van der Waals surface area contributed by atoms with Crippen molar-refractivity contribution in [1.29, 1.82) is 0 Å². The molecule has 1 heterocycles. The molecule has 1 aliphatic heterocycles. The lowest BCUT2D eigenvalue weighted by molar-refractivity contribution is 0.178. The van der Waals surface area contributed by atoms with E-state index < -0.39 is 11.6 Å². The van der Waals surface area contributed by atoms with Crippen LogP contribution in [-0.2, 0) is 0 Å². The van der Waals surface area contributed by atoms with E-state index in [9.17, 15) is 19.4 Å². The third kappa shape index (κ3) is 3.90. The Morgan fingerprint density at radius 2 is 1.81 bits per heavy atom. The van der Waals surface area contributed by atoms with Gasteiger partial charge in [-0.1, -0.05) is 30.3 Å². The highest BCUT2D eigenvalue weighted by atomic mass is 19.1. The fourth-order valence-electron chi connectivity index (χ4n) is 3.39. The zero-order chi connectivity index (χ0) is 18.7. The molecule has 5 nitrogen and oxygen atoms in total. The predicted molar refractivity (Wildman–Crippen MR) is 96.7 cm³/mol. The van der Waals surface area contributed by atoms with Crippen LogP contribution in [0.25, 0.3) is 0 Å². The molecule has 3 N–H and O–H groups in total. The normalized spacial score (nSPS) is 16.3. The molecule has 0 radical (unpaired) electrons. The summed E-state index contributed by atoms with van der Waals surface area (Å²) >= 11 is 0. The van der Waals surface area contributed by atoms with E-state index >= 15 is 0 Å². The smallest absolute Gasteiger partial charge is 0.317 e. The highest BCUT2D eigenvalue weighted by Gasteiger charge is 2.27. The Morgan fingerprint density at radius 1 is 1.15 bits per heavy atom. The first-order valence-corrected chi connectivity index (χ1v) is 8.77. The SMILES string of the molecule is C[C@H](NC(=O)N1CCC(c2cc(F)c(O)cc2O)CC1)c1ccccc1. The van der Waals surface area contributed by atoms with Crippen molar-refractivity contribution in [3.05, 3.63) is 59.4 Å². The Hall–Kier alpha value is -2.76. The third-order valence-electron chi connectivity index (χ3n) is 4.96. The topological polar surface area (TPSA) is 72.8 Å². The van der Waals surface area contributed by atoms with Gasteiger partial charge in [0.15, 0.2) is 11.6 Å². The second kappa shape index (κ2) is 7.64. The molecule has 3 rings (SSSR count). The average Bonchev–Trinajstić information content (AvgIpc) is 2.65. The van der Waals surface area contributed by atoms with Crippen molar-refractivity contribution < 1.29 is 19.4 Å². The van der Waals surface area contributed by atoms with Crippen LogP contribution in [0.3, 0.4) is 0 Å². The van der Waals surface area contributed by atoms with Crippen molar-refractivity contribution in [3.63, 3.8) is 0 Å². The van der Waals surface area contributed by atoms with Gasteiger partial charge in [0.25, 0.3) is 0 Å². The lowest BCUT2D eigenvalue weighted by Crippen LogP contribution is -2.44. The number of amides is 2. The summed E-state index contributed by atoms with van der Waals surface area (Å²) in [5, 5.41) is 22.3. The number of carbonyl (C=O) groups excluding carboxylic acids is 1. The standard InChI is InChI=1S/C20H23FN2O3/c1-13(14-5-3-2-4-6-14)22-20(26)23-9-7-15(8-10-23)16-11-17(21)19(25)12-18(16)24/h2-6,11-13,15,24-25H,7-10H2,1H3,(H,22,26)/t13-/m0/s1. The van der Waals surface area contributed by atoms with Crippen LogP contribution in [0.2, 0.25) is 0 Å². The van der Waals surface area contributed by atoms with Crippen molar-refractivity contribution in [3.8, 4) is 11.5 Å². The van der Waals surface area contributed by atoms with Gasteiger partial charge >= 0.3 is 6.03 Å². The predicted octanol–water partition coefficient (Wildman–Crippen LogP) is 3.89. The largest absolute Gasteiger partial charge is 0.508 e. The second-order valence-corrected chi connectivity index (χ2v) is 6.71. The zero-order valence-electron chi connectivity index (χ0n) is 14.7. The molecular weight excluding hydrogens is 335 g/mol. The van der Waals surface area contributed by atoms with Crippen LogP contribution in [0.1, 0.15) is 42.9 Å². The van der Waals surface area contributed by atoms with Gasteiger partial charge in [-0.3, -0.25) is 0 Å². The molecule has 1 fully saturated rings.